The highest BCUT2D eigenvalue weighted by Gasteiger charge is 2.06. The van der Waals surface area contributed by atoms with Crippen molar-refractivity contribution in [1.29, 1.82) is 0 Å². The molecule has 0 spiro atoms. The number of nitrogens with one attached hydrogen (secondary N) is 2. The van der Waals surface area contributed by atoms with Crippen LogP contribution in [0.5, 0.6) is 5.75 Å². The summed E-state index contributed by atoms with van der Waals surface area (Å²) < 4.78 is 5.30. The molecule has 0 bridgehead atoms. The summed E-state index contributed by atoms with van der Waals surface area (Å²) in [5.41, 5.74) is 3.49. The lowest BCUT2D eigenvalue weighted by atomic mass is 10.1. The Hall–Kier alpha value is -2.75. The van der Waals surface area contributed by atoms with Crippen LogP contribution in [-0.4, -0.2) is 18.0 Å². The molecule has 2 aromatic carbocycles. The Kier molecular flexibility index (Phi) is 5.73. The number of H-pyrrole nitrogens is 1. The van der Waals surface area contributed by atoms with Crippen molar-refractivity contribution in [2.75, 3.05) is 7.11 Å². The van der Waals surface area contributed by atoms with Gasteiger partial charge in [0.15, 0.2) is 0 Å². The number of rotatable bonds is 8. The Morgan fingerprint density at radius 3 is 2.72 bits per heavy atom. The van der Waals surface area contributed by atoms with Crippen LogP contribution in [0.15, 0.2) is 54.7 Å². The minimum absolute atomic E-state index is 0.0878. The summed E-state index contributed by atoms with van der Waals surface area (Å²) in [4.78, 5) is 15.3. The summed E-state index contributed by atoms with van der Waals surface area (Å²) in [6.07, 6.45) is 5.51. The second kappa shape index (κ2) is 8.38. The molecule has 3 aromatic rings. The number of carbonyl (C=O) groups is 1. The SMILES string of the molecule is COc1ccccc1CNC(=O)CCCCc1c[nH]c2ccccc12. The van der Waals surface area contributed by atoms with Crippen LogP contribution >= 0.6 is 0 Å². The third-order valence-electron chi connectivity index (χ3n) is 4.44. The van der Waals surface area contributed by atoms with E-state index in [1.807, 2.05) is 30.3 Å². The van der Waals surface area contributed by atoms with Crippen molar-refractivity contribution < 1.29 is 9.53 Å². The lowest BCUT2D eigenvalue weighted by Gasteiger charge is -2.09. The summed E-state index contributed by atoms with van der Waals surface area (Å²) in [5, 5.41) is 4.25. The molecule has 0 saturated carbocycles. The van der Waals surface area contributed by atoms with Crippen LogP contribution in [-0.2, 0) is 17.8 Å². The number of aromatic nitrogens is 1. The Labute approximate surface area is 148 Å². The van der Waals surface area contributed by atoms with E-state index in [9.17, 15) is 4.79 Å². The number of aryl methyl sites for hydroxylation is 1. The largest absolute Gasteiger partial charge is 0.496 e. The van der Waals surface area contributed by atoms with Crippen LogP contribution in [0.2, 0.25) is 0 Å². The Morgan fingerprint density at radius 2 is 1.84 bits per heavy atom. The average Bonchev–Trinajstić information content (AvgIpc) is 3.07. The van der Waals surface area contributed by atoms with E-state index in [1.54, 1.807) is 7.11 Å². The number of para-hydroxylation sites is 2. The van der Waals surface area contributed by atoms with E-state index < -0.39 is 0 Å². The lowest BCUT2D eigenvalue weighted by molar-refractivity contribution is -0.121. The molecule has 0 aliphatic carbocycles. The van der Waals surface area contributed by atoms with Crippen molar-refractivity contribution in [3.8, 4) is 5.75 Å². The molecule has 3 rings (SSSR count). The van der Waals surface area contributed by atoms with E-state index in [2.05, 4.69) is 34.7 Å². The maximum atomic E-state index is 12.0. The van der Waals surface area contributed by atoms with Gasteiger partial charge in [0.25, 0.3) is 0 Å². The van der Waals surface area contributed by atoms with Crippen molar-refractivity contribution in [3.63, 3.8) is 0 Å². The van der Waals surface area contributed by atoms with Crippen LogP contribution in [0.4, 0.5) is 0 Å². The van der Waals surface area contributed by atoms with Gasteiger partial charge in [0.1, 0.15) is 5.75 Å². The fourth-order valence-corrected chi connectivity index (χ4v) is 3.07. The van der Waals surface area contributed by atoms with E-state index in [4.69, 9.17) is 4.74 Å². The highest BCUT2D eigenvalue weighted by atomic mass is 16.5. The molecule has 0 saturated heterocycles. The Bertz CT molecular complexity index is 839. The minimum Gasteiger partial charge on any atom is -0.496 e. The summed E-state index contributed by atoms with van der Waals surface area (Å²) in [6.45, 7) is 0.505. The molecule has 0 aliphatic heterocycles. The predicted octanol–water partition coefficient (Wildman–Crippen LogP) is 4.21. The lowest BCUT2D eigenvalue weighted by Crippen LogP contribution is -2.22. The fourth-order valence-electron chi connectivity index (χ4n) is 3.07. The molecule has 2 N–H and O–H groups in total. The highest BCUT2D eigenvalue weighted by molar-refractivity contribution is 5.83. The maximum Gasteiger partial charge on any atom is 0.220 e. The first-order valence-corrected chi connectivity index (χ1v) is 8.71. The number of methoxy groups -OCH3 is 1. The topological polar surface area (TPSA) is 54.1 Å². The van der Waals surface area contributed by atoms with E-state index in [-0.39, 0.29) is 5.91 Å². The number of carbonyl (C=O) groups excluding carboxylic acids is 1. The number of benzene rings is 2. The van der Waals surface area contributed by atoms with E-state index in [1.165, 1.54) is 16.5 Å². The van der Waals surface area contributed by atoms with Crippen molar-refractivity contribution in [3.05, 3.63) is 65.9 Å². The quantitative estimate of drug-likeness (QED) is 0.606. The first kappa shape index (κ1) is 17.1. The molecular formula is C21H24N2O2. The predicted molar refractivity (Wildman–Crippen MR) is 101 cm³/mol. The van der Waals surface area contributed by atoms with Gasteiger partial charge in [-0.15, -0.1) is 0 Å². The number of ether oxygens (including phenoxy) is 1. The van der Waals surface area contributed by atoms with E-state index in [0.717, 1.165) is 30.6 Å². The molecule has 0 fully saturated rings. The third kappa shape index (κ3) is 4.41. The number of aromatic amines is 1. The molecule has 1 aromatic heterocycles. The van der Waals surface area contributed by atoms with Crippen molar-refractivity contribution in [2.45, 2.75) is 32.2 Å². The summed E-state index contributed by atoms with van der Waals surface area (Å²) in [5.74, 6) is 0.895. The van der Waals surface area contributed by atoms with Gasteiger partial charge in [-0.1, -0.05) is 36.4 Å². The number of hydrogen-bond donors (Lipinski definition) is 2. The number of hydrogen-bond acceptors (Lipinski definition) is 2. The van der Waals surface area contributed by atoms with Crippen molar-refractivity contribution in [2.24, 2.45) is 0 Å². The number of unbranched alkanes of at least 4 members (excludes halogenated alkanes) is 1. The average molecular weight is 336 g/mol. The second-order valence-corrected chi connectivity index (χ2v) is 6.16. The smallest absolute Gasteiger partial charge is 0.220 e. The van der Waals surface area contributed by atoms with Gasteiger partial charge in [0.05, 0.1) is 7.11 Å². The summed E-state index contributed by atoms with van der Waals surface area (Å²) >= 11 is 0. The van der Waals surface area contributed by atoms with E-state index >= 15 is 0 Å². The van der Waals surface area contributed by atoms with Crippen LogP contribution in [0.1, 0.15) is 30.4 Å². The zero-order chi connectivity index (χ0) is 17.5. The number of amides is 1. The number of fused-ring (bicyclic) bond motifs is 1. The minimum atomic E-state index is 0.0878. The van der Waals surface area contributed by atoms with E-state index in [0.29, 0.717) is 13.0 Å². The van der Waals surface area contributed by atoms with Crippen molar-refractivity contribution in [1.82, 2.24) is 10.3 Å². The Balaban J connectivity index is 1.41. The molecule has 0 radical (unpaired) electrons. The fraction of sp³-hybridized carbons (Fsp3) is 0.286. The van der Waals surface area contributed by atoms with Crippen LogP contribution in [0.3, 0.4) is 0 Å². The highest BCUT2D eigenvalue weighted by Crippen LogP contribution is 2.20. The van der Waals surface area contributed by atoms with Crippen LogP contribution < -0.4 is 10.1 Å². The summed E-state index contributed by atoms with van der Waals surface area (Å²) in [6, 6.07) is 16.1. The monoisotopic (exact) mass is 336 g/mol. The second-order valence-electron chi connectivity index (χ2n) is 6.16. The first-order valence-electron chi connectivity index (χ1n) is 8.71. The standard InChI is InChI=1S/C21H24N2O2/c1-25-20-12-6-2-9-17(20)15-23-21(24)13-7-3-8-16-14-22-19-11-5-4-10-18(16)19/h2,4-6,9-12,14,22H,3,7-8,13,15H2,1H3,(H,23,24). The van der Waals surface area contributed by atoms with Crippen molar-refractivity contribution >= 4 is 16.8 Å². The molecule has 0 aliphatic rings. The molecule has 130 valence electrons. The molecule has 4 nitrogen and oxygen atoms in total. The molecule has 1 heterocycles. The van der Waals surface area contributed by atoms with Gasteiger partial charge in [-0.25, -0.2) is 0 Å². The van der Waals surface area contributed by atoms with Gasteiger partial charge in [-0.2, -0.15) is 0 Å². The normalized spacial score (nSPS) is 10.8. The molecule has 0 unspecified atom stereocenters. The zero-order valence-electron chi connectivity index (χ0n) is 14.5. The molecule has 25 heavy (non-hydrogen) atoms. The molecule has 4 heteroatoms. The van der Waals surface area contributed by atoms with Crippen LogP contribution in [0, 0.1) is 0 Å². The van der Waals surface area contributed by atoms with Crippen LogP contribution in [0.25, 0.3) is 10.9 Å². The molecule has 0 atom stereocenters. The zero-order valence-corrected chi connectivity index (χ0v) is 14.5. The van der Waals surface area contributed by atoms with Gasteiger partial charge in [-0.05, 0) is 37.0 Å². The third-order valence-corrected chi connectivity index (χ3v) is 4.44. The van der Waals surface area contributed by atoms with Gasteiger partial charge in [0.2, 0.25) is 5.91 Å². The maximum absolute atomic E-state index is 12.0. The molecule has 1 amide bonds. The van der Waals surface area contributed by atoms with Gasteiger partial charge < -0.3 is 15.0 Å². The van der Waals surface area contributed by atoms with Gasteiger partial charge in [0, 0.05) is 35.6 Å². The Morgan fingerprint density at radius 1 is 1.04 bits per heavy atom. The first-order chi connectivity index (χ1) is 12.3. The van der Waals surface area contributed by atoms with Gasteiger partial charge in [-0.3, -0.25) is 4.79 Å². The van der Waals surface area contributed by atoms with Gasteiger partial charge >= 0.3 is 0 Å². The summed E-state index contributed by atoms with van der Waals surface area (Å²) in [7, 11) is 1.64. The molecular weight excluding hydrogens is 312 g/mol.